The van der Waals surface area contributed by atoms with Crippen LogP contribution >= 0.6 is 31.0 Å². The lowest BCUT2D eigenvalue weighted by Gasteiger charge is -2.27. The molecule has 4 heterocycles. The van der Waals surface area contributed by atoms with Crippen LogP contribution in [-0.4, -0.2) is 69.7 Å². The number of hydrogen-bond donors (Lipinski definition) is 1. The number of para-hydroxylation sites is 1. The van der Waals surface area contributed by atoms with Gasteiger partial charge in [-0.1, -0.05) is 145 Å². The number of ether oxygens (including phenoxy) is 5. The molecule has 0 bridgehead atoms. The summed E-state index contributed by atoms with van der Waals surface area (Å²) in [5.74, 6) is -0.640. The molecule has 14 nitrogen and oxygen atoms in total. The summed E-state index contributed by atoms with van der Waals surface area (Å²) < 4.78 is 68.0. The fourth-order valence-corrected chi connectivity index (χ4v) is 11.4. The Morgan fingerprint density at radius 3 is 2.19 bits per heavy atom. The van der Waals surface area contributed by atoms with Gasteiger partial charge in [0.1, 0.15) is 53.7 Å². The third-order valence-electron chi connectivity index (χ3n) is 13.1. The lowest BCUT2D eigenvalue weighted by molar-refractivity contribution is -0.186. The third-order valence-corrected chi connectivity index (χ3v) is 15.0. The first-order valence-electron chi connectivity index (χ1n) is 24.2. The van der Waals surface area contributed by atoms with Crippen molar-refractivity contribution in [1.82, 2.24) is 14.6 Å². The number of nitrogens with zero attached hydrogens (tertiary/aromatic N) is 4. The van der Waals surface area contributed by atoms with Gasteiger partial charge in [0, 0.05) is 6.61 Å². The molecular formula is C50H68Cl2N5O9P. The summed E-state index contributed by atoms with van der Waals surface area (Å²) in [5, 5.41) is 14.4. The Morgan fingerprint density at radius 1 is 0.866 bits per heavy atom. The van der Waals surface area contributed by atoms with Gasteiger partial charge >= 0.3 is 7.82 Å². The average molecular weight is 985 g/mol. The second-order valence-electron chi connectivity index (χ2n) is 18.7. The third kappa shape index (κ3) is 12.5. The number of phosphoric ester groups is 1. The molecule has 2 N–H and O–H groups in total. The predicted octanol–water partition coefficient (Wildman–Crippen LogP) is 12.7. The molecule has 366 valence electrons. The topological polar surface area (TPSA) is 171 Å². The number of nitriles is 1. The van der Waals surface area contributed by atoms with Crippen LogP contribution < -0.4 is 10.3 Å². The number of nitrogens with two attached hydrogens (primary N) is 1. The minimum Gasteiger partial charge on any atom is -0.402 e. The van der Waals surface area contributed by atoms with Crippen LogP contribution in [0.1, 0.15) is 153 Å². The Morgan fingerprint density at radius 2 is 1.54 bits per heavy atom. The second-order valence-corrected chi connectivity index (χ2v) is 21.0. The zero-order valence-electron chi connectivity index (χ0n) is 39.5. The molecule has 1 aliphatic carbocycles. The van der Waals surface area contributed by atoms with Gasteiger partial charge in [0.2, 0.25) is 0 Å². The number of rotatable bonds is 30. The van der Waals surface area contributed by atoms with Gasteiger partial charge in [-0.25, -0.2) is 14.1 Å². The number of benzene rings is 2. The van der Waals surface area contributed by atoms with Crippen molar-refractivity contribution >= 4 is 42.4 Å². The van der Waals surface area contributed by atoms with Crippen molar-refractivity contribution in [2.45, 2.75) is 178 Å². The molecule has 2 aromatic carbocycles. The molecule has 0 amide bonds. The van der Waals surface area contributed by atoms with Crippen LogP contribution in [0.15, 0.2) is 60.9 Å². The molecule has 3 aliphatic rings. The summed E-state index contributed by atoms with van der Waals surface area (Å²) in [4.78, 5) is 4.12. The molecule has 4 aromatic rings. The van der Waals surface area contributed by atoms with Gasteiger partial charge in [0.15, 0.2) is 17.2 Å². The van der Waals surface area contributed by atoms with E-state index in [4.69, 9.17) is 66.2 Å². The number of halogens is 2. The number of fused-ring (bicyclic) bond motifs is 1. The average Bonchev–Trinajstić information content (AvgIpc) is 3.69. The van der Waals surface area contributed by atoms with Crippen LogP contribution in [0.5, 0.6) is 5.75 Å². The molecule has 0 radical (unpaired) electrons. The van der Waals surface area contributed by atoms with Crippen LogP contribution in [0.4, 0.5) is 5.82 Å². The lowest BCUT2D eigenvalue weighted by Crippen LogP contribution is -2.33. The van der Waals surface area contributed by atoms with Crippen molar-refractivity contribution < 1.29 is 41.8 Å². The maximum Gasteiger partial charge on any atom is 0.530 e. The number of nitrogen functional groups attached to an aromatic ring is 1. The Hall–Kier alpha value is -3.32. The van der Waals surface area contributed by atoms with Crippen molar-refractivity contribution in [3.05, 3.63) is 87.8 Å². The summed E-state index contributed by atoms with van der Waals surface area (Å²) >= 11 is 12.9. The van der Waals surface area contributed by atoms with E-state index in [-0.39, 0.29) is 30.6 Å². The van der Waals surface area contributed by atoms with E-state index in [1.165, 1.54) is 89.8 Å². The minimum atomic E-state index is -4.56. The van der Waals surface area contributed by atoms with Crippen LogP contribution in [0.3, 0.4) is 0 Å². The molecule has 2 unspecified atom stereocenters. The van der Waals surface area contributed by atoms with Crippen molar-refractivity contribution in [2.24, 2.45) is 0 Å². The summed E-state index contributed by atoms with van der Waals surface area (Å²) in [6.07, 6.45) is 18.9. The molecule has 7 rings (SSSR count). The minimum absolute atomic E-state index is 0.0987. The maximum atomic E-state index is 15.1. The molecule has 1 saturated carbocycles. The van der Waals surface area contributed by atoms with E-state index in [0.29, 0.717) is 34.2 Å². The van der Waals surface area contributed by atoms with Gasteiger partial charge in [0.25, 0.3) is 0 Å². The zero-order valence-corrected chi connectivity index (χ0v) is 41.9. The monoisotopic (exact) mass is 983 g/mol. The molecule has 3 fully saturated rings. The van der Waals surface area contributed by atoms with E-state index >= 15 is 4.57 Å². The lowest BCUT2D eigenvalue weighted by atomic mass is 10.0. The maximum absolute atomic E-state index is 15.1. The van der Waals surface area contributed by atoms with E-state index < -0.39 is 49.2 Å². The Bertz CT molecular complexity index is 2330. The quantitative estimate of drug-likeness (QED) is 0.0387. The van der Waals surface area contributed by atoms with Crippen LogP contribution in [0, 0.1) is 11.3 Å². The number of anilines is 1. The fraction of sp³-hybridized carbons (Fsp3) is 0.620. The van der Waals surface area contributed by atoms with Gasteiger partial charge in [-0.2, -0.15) is 10.4 Å². The predicted molar refractivity (Wildman–Crippen MR) is 258 cm³/mol. The molecule has 67 heavy (non-hydrogen) atoms. The van der Waals surface area contributed by atoms with Crippen molar-refractivity contribution in [3.8, 4) is 11.8 Å². The van der Waals surface area contributed by atoms with E-state index in [1.54, 1.807) is 47.0 Å². The highest BCUT2D eigenvalue weighted by Gasteiger charge is 2.92. The molecule has 17 heteroatoms. The van der Waals surface area contributed by atoms with Crippen molar-refractivity contribution in [1.29, 1.82) is 5.26 Å². The smallest absolute Gasteiger partial charge is 0.402 e. The molecule has 2 aromatic heterocycles. The van der Waals surface area contributed by atoms with E-state index in [2.05, 4.69) is 23.1 Å². The van der Waals surface area contributed by atoms with Crippen LogP contribution in [-0.2, 0) is 43.9 Å². The highest BCUT2D eigenvalue weighted by atomic mass is 35.5. The van der Waals surface area contributed by atoms with Gasteiger partial charge in [0.05, 0.1) is 41.1 Å². The van der Waals surface area contributed by atoms with E-state index in [9.17, 15) is 5.26 Å². The van der Waals surface area contributed by atoms with E-state index in [1.807, 2.05) is 32.9 Å². The zero-order chi connectivity index (χ0) is 47.5. The molecule has 7 atom stereocenters. The number of aromatic nitrogens is 3. The number of hydrogen-bond acceptors (Lipinski definition) is 13. The number of unbranched alkanes of at least 4 members (excludes halogenated alkanes) is 15. The summed E-state index contributed by atoms with van der Waals surface area (Å²) in [6.45, 7) is 8.25. The molecule has 2 aliphatic heterocycles. The first-order chi connectivity index (χ1) is 32.3. The van der Waals surface area contributed by atoms with Gasteiger partial charge in [-0.05, 0) is 69.2 Å². The molecule has 2 saturated heterocycles. The summed E-state index contributed by atoms with van der Waals surface area (Å²) in [5.41, 5.74) is 6.17. The standard InChI is InChI=1S/C50H68Cl2N5O9P/c1-5-6-7-8-9-10-11-12-13-14-15-16-17-18-19-22-29-59-33-38(60-32-36-25-26-37(31-53)40(52)30-36)34-61-67(58,64-43-24-21-20-23-39(43)51)65-47-49(4)50(47)45(63-48(2,3)66-50)44(62-49)41-27-28-42-46(54)55-35-56-57(41)42/h20-21,23-28,30,35,38,44-45,47H,5-19,22,29,32-34H2,1-4H3,(H2,54,55,56)/t38-,44+,45+,47?,49-,50-,67?/m1/s1. The summed E-state index contributed by atoms with van der Waals surface area (Å²) in [6, 6.07) is 17.5. The number of phosphoric acid groups is 1. The van der Waals surface area contributed by atoms with Crippen LogP contribution in [0.25, 0.3) is 5.52 Å². The van der Waals surface area contributed by atoms with Gasteiger partial charge in [-0.15, -0.1) is 0 Å². The molecular weight excluding hydrogens is 916 g/mol. The van der Waals surface area contributed by atoms with Crippen molar-refractivity contribution in [3.63, 3.8) is 0 Å². The normalized spacial score (nSPS) is 24.0. The Balaban J connectivity index is 0.965. The van der Waals surface area contributed by atoms with Crippen LogP contribution in [0.2, 0.25) is 10.0 Å². The largest absolute Gasteiger partial charge is 0.530 e. The second kappa shape index (κ2) is 23.5. The highest BCUT2D eigenvalue weighted by Crippen LogP contribution is 2.74. The summed E-state index contributed by atoms with van der Waals surface area (Å²) in [7, 11) is -4.56. The van der Waals surface area contributed by atoms with E-state index in [0.717, 1.165) is 24.8 Å². The van der Waals surface area contributed by atoms with Crippen molar-refractivity contribution in [2.75, 3.05) is 25.6 Å². The highest BCUT2D eigenvalue weighted by molar-refractivity contribution is 7.49. The van der Waals surface area contributed by atoms with Gasteiger partial charge in [-0.3, -0.25) is 9.05 Å². The Kier molecular flexibility index (Phi) is 18.1. The SMILES string of the molecule is CCCCCCCCCCCCCCCCCCOC[C@H](COP(=O)(Oc1ccccc1Cl)OC1[C@@]2(C)O[C@@H](c3ccc4c(N)ncnn34)[C@@H]3OC(C)(C)O[C@@]132)OCc1ccc(C#N)c(Cl)c1. The first kappa shape index (κ1) is 51.5. The fourth-order valence-electron chi connectivity index (χ4n) is 9.45. The molecule has 1 spiro atoms. The van der Waals surface area contributed by atoms with Gasteiger partial charge < -0.3 is 33.9 Å². The Labute approximate surface area is 406 Å². The first-order valence-corrected chi connectivity index (χ1v) is 26.4.